The van der Waals surface area contributed by atoms with Crippen LogP contribution >= 0.6 is 0 Å². The highest BCUT2D eigenvalue weighted by atomic mass is 19.4. The van der Waals surface area contributed by atoms with Gasteiger partial charge in [0.2, 0.25) is 5.89 Å². The number of aromatic nitrogens is 2. The molecule has 0 bridgehead atoms. The van der Waals surface area contributed by atoms with Crippen LogP contribution in [0.3, 0.4) is 0 Å². The Kier molecular flexibility index (Phi) is 4.04. The molecule has 0 radical (unpaired) electrons. The molecule has 1 saturated heterocycles. The maximum absolute atomic E-state index is 13.2. The zero-order valence-corrected chi connectivity index (χ0v) is 12.6. The normalized spacial score (nSPS) is 21.3. The van der Waals surface area contributed by atoms with Gasteiger partial charge in [0.25, 0.3) is 11.7 Å². The monoisotopic (exact) mass is 341 g/mol. The number of aryl methyl sites for hydroxylation is 1. The fourth-order valence-corrected chi connectivity index (χ4v) is 2.89. The van der Waals surface area contributed by atoms with Gasteiger partial charge in [0.15, 0.2) is 0 Å². The summed E-state index contributed by atoms with van der Waals surface area (Å²) in [6, 6.07) is 4.11. The maximum atomic E-state index is 13.2. The SMILES string of the molecule is Cc1nc(C(=O)N2C[C@@H](O)C[C@H]2c2ccccc2C(F)(F)F)no1. The number of hydrogen-bond donors (Lipinski definition) is 1. The van der Waals surface area contributed by atoms with Gasteiger partial charge in [0.1, 0.15) is 0 Å². The van der Waals surface area contributed by atoms with E-state index in [4.69, 9.17) is 4.52 Å². The van der Waals surface area contributed by atoms with Crippen molar-refractivity contribution in [1.29, 1.82) is 0 Å². The molecule has 1 fully saturated rings. The predicted octanol–water partition coefficient (Wildman–Crippen LogP) is 2.34. The van der Waals surface area contributed by atoms with Crippen molar-refractivity contribution in [3.05, 3.63) is 47.1 Å². The van der Waals surface area contributed by atoms with Crippen LogP contribution in [-0.2, 0) is 6.18 Å². The highest BCUT2D eigenvalue weighted by molar-refractivity contribution is 5.91. The average Bonchev–Trinajstić information content (AvgIpc) is 3.12. The van der Waals surface area contributed by atoms with Crippen molar-refractivity contribution in [3.63, 3.8) is 0 Å². The van der Waals surface area contributed by atoms with Gasteiger partial charge >= 0.3 is 6.18 Å². The molecule has 2 aromatic rings. The summed E-state index contributed by atoms with van der Waals surface area (Å²) in [6.45, 7) is 1.41. The van der Waals surface area contributed by atoms with Crippen molar-refractivity contribution < 1.29 is 27.6 Å². The van der Waals surface area contributed by atoms with Gasteiger partial charge in [-0.15, -0.1) is 0 Å². The highest BCUT2D eigenvalue weighted by Crippen LogP contribution is 2.40. The Hall–Kier alpha value is -2.42. The van der Waals surface area contributed by atoms with Gasteiger partial charge in [-0.3, -0.25) is 4.79 Å². The average molecular weight is 341 g/mol. The summed E-state index contributed by atoms with van der Waals surface area (Å²) >= 11 is 0. The zero-order valence-electron chi connectivity index (χ0n) is 12.6. The van der Waals surface area contributed by atoms with Gasteiger partial charge < -0.3 is 14.5 Å². The van der Waals surface area contributed by atoms with Crippen molar-refractivity contribution in [3.8, 4) is 0 Å². The third-order valence-corrected chi connectivity index (χ3v) is 3.88. The molecule has 0 spiro atoms. The fourth-order valence-electron chi connectivity index (χ4n) is 2.89. The summed E-state index contributed by atoms with van der Waals surface area (Å²) in [6.07, 6.45) is -5.47. The van der Waals surface area contributed by atoms with Crippen molar-refractivity contribution in [1.82, 2.24) is 15.0 Å². The van der Waals surface area contributed by atoms with E-state index in [1.165, 1.54) is 25.1 Å². The minimum atomic E-state index is -4.55. The number of aliphatic hydroxyl groups is 1. The van der Waals surface area contributed by atoms with Gasteiger partial charge in [-0.2, -0.15) is 18.2 Å². The Balaban J connectivity index is 1.99. The molecule has 1 amide bonds. The number of hydrogen-bond acceptors (Lipinski definition) is 5. The van der Waals surface area contributed by atoms with Crippen LogP contribution in [-0.4, -0.2) is 38.7 Å². The highest BCUT2D eigenvalue weighted by Gasteiger charge is 2.42. The van der Waals surface area contributed by atoms with Crippen LogP contribution < -0.4 is 0 Å². The number of amides is 1. The van der Waals surface area contributed by atoms with Gasteiger partial charge in [-0.1, -0.05) is 23.4 Å². The molecule has 6 nitrogen and oxygen atoms in total. The minimum absolute atomic E-state index is 0.00959. The van der Waals surface area contributed by atoms with Crippen LogP contribution in [0.4, 0.5) is 13.2 Å². The lowest BCUT2D eigenvalue weighted by Crippen LogP contribution is -2.33. The Morgan fingerprint density at radius 3 is 2.71 bits per heavy atom. The number of aliphatic hydroxyl groups excluding tert-OH is 1. The Bertz CT molecular complexity index is 760. The minimum Gasteiger partial charge on any atom is -0.391 e. The van der Waals surface area contributed by atoms with Crippen LogP contribution in [0.25, 0.3) is 0 Å². The van der Waals surface area contributed by atoms with E-state index in [1.807, 2.05) is 0 Å². The molecule has 2 heterocycles. The largest absolute Gasteiger partial charge is 0.416 e. The number of benzene rings is 1. The van der Waals surface area contributed by atoms with Crippen LogP contribution in [0.1, 0.15) is 40.1 Å². The molecule has 2 atom stereocenters. The summed E-state index contributed by atoms with van der Waals surface area (Å²) in [5.74, 6) is -0.744. The van der Waals surface area contributed by atoms with E-state index in [-0.39, 0.29) is 30.2 Å². The summed E-state index contributed by atoms with van der Waals surface area (Å²) in [5.41, 5.74) is -0.888. The van der Waals surface area contributed by atoms with Crippen molar-refractivity contribution in [2.75, 3.05) is 6.54 Å². The first-order chi connectivity index (χ1) is 11.3. The predicted molar refractivity (Wildman–Crippen MR) is 74.9 cm³/mol. The summed E-state index contributed by atoms with van der Waals surface area (Å²) < 4.78 is 44.5. The lowest BCUT2D eigenvalue weighted by atomic mass is 9.97. The van der Waals surface area contributed by atoms with Crippen LogP contribution in [0.15, 0.2) is 28.8 Å². The standard InChI is InChI=1S/C15H14F3N3O3/c1-8-19-13(20-24-8)14(23)21-7-9(22)6-12(21)10-4-2-3-5-11(10)15(16,17)18/h2-5,9,12,22H,6-7H2,1H3/t9-,12-/m0/s1. The molecule has 1 aromatic heterocycles. The van der Waals surface area contributed by atoms with Crippen molar-refractivity contribution in [2.45, 2.75) is 31.7 Å². The zero-order chi connectivity index (χ0) is 17.5. The van der Waals surface area contributed by atoms with Gasteiger partial charge in [0.05, 0.1) is 17.7 Å². The number of likely N-dealkylation sites (tertiary alicyclic amines) is 1. The molecular weight excluding hydrogens is 327 g/mol. The third-order valence-electron chi connectivity index (χ3n) is 3.88. The lowest BCUT2D eigenvalue weighted by Gasteiger charge is -2.26. The molecular formula is C15H14F3N3O3. The molecule has 24 heavy (non-hydrogen) atoms. The Labute approximate surface area is 134 Å². The molecule has 9 heteroatoms. The van der Waals surface area contributed by atoms with E-state index in [1.54, 1.807) is 0 Å². The van der Waals surface area contributed by atoms with Gasteiger partial charge in [-0.25, -0.2) is 0 Å². The number of nitrogens with zero attached hydrogens (tertiary/aromatic N) is 3. The van der Waals surface area contributed by atoms with Crippen molar-refractivity contribution in [2.24, 2.45) is 0 Å². The second kappa shape index (κ2) is 5.90. The first kappa shape index (κ1) is 16.4. The Morgan fingerprint density at radius 1 is 1.38 bits per heavy atom. The smallest absolute Gasteiger partial charge is 0.391 e. The molecule has 1 N–H and O–H groups in total. The molecule has 0 aliphatic carbocycles. The van der Waals surface area contributed by atoms with Crippen LogP contribution in [0, 0.1) is 6.92 Å². The van der Waals surface area contributed by atoms with Crippen LogP contribution in [0.5, 0.6) is 0 Å². The van der Waals surface area contributed by atoms with E-state index in [9.17, 15) is 23.1 Å². The summed E-state index contributed by atoms with van der Waals surface area (Å²) in [5, 5.41) is 13.4. The van der Waals surface area contributed by atoms with E-state index >= 15 is 0 Å². The topological polar surface area (TPSA) is 79.5 Å². The number of β-amino-alcohol motifs (C(OH)–C–C–N with tert-alkyl or cyclic N) is 1. The molecule has 1 aliphatic heterocycles. The summed E-state index contributed by atoms with van der Waals surface area (Å²) in [7, 11) is 0. The first-order valence-corrected chi connectivity index (χ1v) is 7.23. The summed E-state index contributed by atoms with van der Waals surface area (Å²) in [4.78, 5) is 17.5. The molecule has 0 saturated carbocycles. The number of carbonyl (C=O) groups is 1. The van der Waals surface area contributed by atoms with E-state index in [2.05, 4.69) is 10.1 Å². The number of carbonyl (C=O) groups excluding carboxylic acids is 1. The molecule has 0 unspecified atom stereocenters. The first-order valence-electron chi connectivity index (χ1n) is 7.23. The lowest BCUT2D eigenvalue weighted by molar-refractivity contribution is -0.138. The van der Waals surface area contributed by atoms with Crippen LogP contribution in [0.2, 0.25) is 0 Å². The quantitative estimate of drug-likeness (QED) is 0.907. The molecule has 1 aliphatic rings. The van der Waals surface area contributed by atoms with E-state index in [0.717, 1.165) is 11.0 Å². The number of rotatable bonds is 2. The maximum Gasteiger partial charge on any atom is 0.416 e. The number of halogens is 3. The van der Waals surface area contributed by atoms with Crippen molar-refractivity contribution >= 4 is 5.91 Å². The third kappa shape index (κ3) is 2.99. The second-order valence-electron chi connectivity index (χ2n) is 5.58. The molecule has 128 valence electrons. The fraction of sp³-hybridized carbons (Fsp3) is 0.400. The van der Waals surface area contributed by atoms with Gasteiger partial charge in [-0.05, 0) is 18.1 Å². The van der Waals surface area contributed by atoms with E-state index in [0.29, 0.717) is 0 Å². The molecule has 1 aromatic carbocycles. The Morgan fingerprint density at radius 2 is 2.08 bits per heavy atom. The molecule has 3 rings (SSSR count). The number of alkyl halides is 3. The second-order valence-corrected chi connectivity index (χ2v) is 5.58. The van der Waals surface area contributed by atoms with E-state index < -0.39 is 29.8 Å². The van der Waals surface area contributed by atoms with Gasteiger partial charge in [0, 0.05) is 13.5 Å².